The average molecular weight is 1010 g/mol. The third kappa shape index (κ3) is 7.65. The zero-order valence-corrected chi connectivity index (χ0v) is 42.0. The summed E-state index contributed by atoms with van der Waals surface area (Å²) in [6.07, 6.45) is 0. The second-order valence-corrected chi connectivity index (χ2v) is 19.9. The second-order valence-electron chi connectivity index (χ2n) is 19.9. The predicted octanol–water partition coefficient (Wildman–Crippen LogP) is 20.2. The molecule has 0 saturated heterocycles. The maximum absolute atomic E-state index is 15.2. The summed E-state index contributed by atoms with van der Waals surface area (Å²) in [5, 5.41) is 2.19. The van der Waals surface area contributed by atoms with Crippen LogP contribution in [-0.4, -0.2) is 0 Å². The summed E-state index contributed by atoms with van der Waals surface area (Å²) < 4.78 is 51.4. The van der Waals surface area contributed by atoms with E-state index >= 15 is 8.78 Å². The molecule has 1 heterocycles. The maximum atomic E-state index is 15.2. The number of furan rings is 1. The third-order valence-corrected chi connectivity index (χ3v) is 15.6. The summed E-state index contributed by atoms with van der Waals surface area (Å²) in [5.41, 5.74) is 19.1. The molecule has 1 aromatic heterocycles. The maximum Gasteiger partial charge on any atom is 0.194 e. The SMILES string of the molecule is Fc1cc(-c2ccc3c(c2-c2ccccc2)-c2ccc(-c4ccc(N(c5ccc(-c6ccccc6)cc5)c5ccc(-c6cccc7c6oc6ccccc67)cc5)cc4)cc2C3(c2ccccc2)c2ccccc2)cc(F)c1F. The monoisotopic (exact) mass is 1010 g/mol. The molecule has 78 heavy (non-hydrogen) atoms. The molecule has 0 saturated carbocycles. The molecule has 12 aromatic carbocycles. The van der Waals surface area contributed by atoms with Crippen molar-refractivity contribution in [3.63, 3.8) is 0 Å². The summed E-state index contributed by atoms with van der Waals surface area (Å²) in [6, 6.07) is 95.1. The van der Waals surface area contributed by atoms with E-state index in [1.807, 2.05) is 72.8 Å². The fourth-order valence-corrected chi connectivity index (χ4v) is 12.1. The van der Waals surface area contributed by atoms with Crippen LogP contribution in [0.3, 0.4) is 0 Å². The van der Waals surface area contributed by atoms with Gasteiger partial charge in [-0.05, 0) is 144 Å². The molecule has 14 rings (SSSR count). The van der Waals surface area contributed by atoms with Crippen LogP contribution in [0.15, 0.2) is 283 Å². The Morgan fingerprint density at radius 2 is 0.782 bits per heavy atom. The van der Waals surface area contributed by atoms with E-state index < -0.39 is 22.9 Å². The van der Waals surface area contributed by atoms with Gasteiger partial charge >= 0.3 is 0 Å². The highest BCUT2D eigenvalue weighted by Crippen LogP contribution is 2.60. The fourth-order valence-electron chi connectivity index (χ4n) is 12.1. The Morgan fingerprint density at radius 3 is 1.38 bits per heavy atom. The second kappa shape index (κ2) is 19.0. The molecule has 1 aliphatic rings. The predicted molar refractivity (Wildman–Crippen MR) is 313 cm³/mol. The normalized spacial score (nSPS) is 12.4. The fraction of sp³-hybridized carbons (Fsp3) is 0.0137. The largest absolute Gasteiger partial charge is 0.455 e. The average Bonchev–Trinajstić information content (AvgIpc) is 4.26. The van der Waals surface area contributed by atoms with Crippen LogP contribution in [0.1, 0.15) is 22.3 Å². The van der Waals surface area contributed by atoms with Gasteiger partial charge in [0, 0.05) is 33.4 Å². The van der Waals surface area contributed by atoms with Gasteiger partial charge in [-0.2, -0.15) is 0 Å². The molecule has 0 atom stereocenters. The first-order valence-electron chi connectivity index (χ1n) is 26.1. The van der Waals surface area contributed by atoms with Crippen molar-refractivity contribution in [2.75, 3.05) is 4.90 Å². The van der Waals surface area contributed by atoms with Gasteiger partial charge in [-0.15, -0.1) is 0 Å². The summed E-state index contributed by atoms with van der Waals surface area (Å²) in [7, 11) is 0. The molecule has 0 unspecified atom stereocenters. The molecule has 2 nitrogen and oxygen atoms in total. The van der Waals surface area contributed by atoms with Crippen LogP contribution in [-0.2, 0) is 5.41 Å². The van der Waals surface area contributed by atoms with Gasteiger partial charge in [-0.3, -0.25) is 0 Å². The zero-order valence-electron chi connectivity index (χ0n) is 42.0. The van der Waals surface area contributed by atoms with Crippen molar-refractivity contribution in [3.8, 4) is 66.8 Å². The van der Waals surface area contributed by atoms with Crippen molar-refractivity contribution in [1.82, 2.24) is 0 Å². The lowest BCUT2D eigenvalue weighted by atomic mass is 9.67. The highest BCUT2D eigenvalue weighted by Gasteiger charge is 2.47. The Kier molecular flexibility index (Phi) is 11.3. The summed E-state index contributed by atoms with van der Waals surface area (Å²) in [5.74, 6) is -3.97. The topological polar surface area (TPSA) is 16.4 Å². The van der Waals surface area contributed by atoms with E-state index in [9.17, 15) is 4.39 Å². The molecule has 0 spiro atoms. The van der Waals surface area contributed by atoms with E-state index in [0.717, 1.165) is 129 Å². The first kappa shape index (κ1) is 46.6. The quantitative estimate of drug-likeness (QED) is 0.127. The van der Waals surface area contributed by atoms with Gasteiger partial charge in [0.05, 0.1) is 5.41 Å². The van der Waals surface area contributed by atoms with Crippen LogP contribution >= 0.6 is 0 Å². The van der Waals surface area contributed by atoms with Gasteiger partial charge in [0.1, 0.15) is 11.2 Å². The van der Waals surface area contributed by atoms with E-state index in [2.05, 4.69) is 199 Å². The van der Waals surface area contributed by atoms with E-state index in [1.54, 1.807) is 0 Å². The first-order chi connectivity index (χ1) is 38.4. The standard InChI is InChI=1S/C73H46F3NO/c74-66-45-53(46-67(75)71(66)76)59-42-43-64-70(69(59)51-18-7-2-8-19-51)63-41-34-52(44-65(63)73(64,54-20-9-3-10-21-54)55-22-11-4-12-23-55)49-30-37-57(38-31-49)77(56-35-28-48(29-36-56)47-16-5-1-6-17-47)58-39-32-50(33-40-58)60-25-15-26-62-61-24-13-14-27-68(61)78-72(60)62/h1-46H. The van der Waals surface area contributed by atoms with Gasteiger partial charge in [0.15, 0.2) is 17.5 Å². The Labute approximate surface area is 450 Å². The number of benzene rings is 12. The van der Waals surface area contributed by atoms with Crippen LogP contribution < -0.4 is 4.90 Å². The Hall–Kier alpha value is -9.97. The molecule has 0 bridgehead atoms. The highest BCUT2D eigenvalue weighted by molar-refractivity contribution is 6.09. The lowest BCUT2D eigenvalue weighted by Gasteiger charge is -2.34. The molecule has 0 N–H and O–H groups in total. The minimum absolute atomic E-state index is 0.251. The van der Waals surface area contributed by atoms with Crippen molar-refractivity contribution in [2.45, 2.75) is 5.41 Å². The zero-order chi connectivity index (χ0) is 52.3. The van der Waals surface area contributed by atoms with Gasteiger partial charge in [0.2, 0.25) is 0 Å². The molecule has 370 valence electrons. The molecule has 0 fully saturated rings. The van der Waals surface area contributed by atoms with Crippen molar-refractivity contribution in [1.29, 1.82) is 0 Å². The number of para-hydroxylation sites is 2. The summed E-state index contributed by atoms with van der Waals surface area (Å²) in [4.78, 5) is 2.29. The molecule has 0 aliphatic heterocycles. The van der Waals surface area contributed by atoms with E-state index in [4.69, 9.17) is 4.42 Å². The number of hydrogen-bond donors (Lipinski definition) is 0. The number of halogens is 3. The minimum Gasteiger partial charge on any atom is -0.455 e. The van der Waals surface area contributed by atoms with E-state index in [0.29, 0.717) is 5.56 Å². The van der Waals surface area contributed by atoms with Crippen molar-refractivity contribution < 1.29 is 17.6 Å². The van der Waals surface area contributed by atoms with Gasteiger partial charge in [-0.1, -0.05) is 218 Å². The van der Waals surface area contributed by atoms with Crippen LogP contribution in [0.4, 0.5) is 30.2 Å². The van der Waals surface area contributed by atoms with Gasteiger partial charge in [0.25, 0.3) is 0 Å². The number of anilines is 3. The van der Waals surface area contributed by atoms with E-state index in [-0.39, 0.29) is 5.56 Å². The molecule has 13 aromatic rings. The van der Waals surface area contributed by atoms with Gasteiger partial charge < -0.3 is 9.32 Å². The number of fused-ring (bicyclic) bond motifs is 6. The molecule has 0 radical (unpaired) electrons. The van der Waals surface area contributed by atoms with Crippen LogP contribution in [0, 0.1) is 17.5 Å². The Morgan fingerprint density at radius 1 is 0.308 bits per heavy atom. The number of hydrogen-bond acceptors (Lipinski definition) is 2. The van der Waals surface area contributed by atoms with Crippen molar-refractivity contribution in [2.24, 2.45) is 0 Å². The molecule has 5 heteroatoms. The summed E-state index contributed by atoms with van der Waals surface area (Å²) >= 11 is 0. The van der Waals surface area contributed by atoms with Gasteiger partial charge in [-0.25, -0.2) is 13.2 Å². The number of rotatable bonds is 10. The molecular weight excluding hydrogens is 964 g/mol. The van der Waals surface area contributed by atoms with Crippen LogP contribution in [0.25, 0.3) is 88.7 Å². The van der Waals surface area contributed by atoms with E-state index in [1.165, 1.54) is 0 Å². The minimum atomic E-state index is -1.49. The van der Waals surface area contributed by atoms with Crippen molar-refractivity contribution >= 4 is 39.0 Å². The highest BCUT2D eigenvalue weighted by atomic mass is 19.2. The number of nitrogens with zero attached hydrogens (tertiary/aromatic N) is 1. The summed E-state index contributed by atoms with van der Waals surface area (Å²) in [6.45, 7) is 0. The lowest BCUT2D eigenvalue weighted by Crippen LogP contribution is -2.28. The first-order valence-corrected chi connectivity index (χ1v) is 26.1. The van der Waals surface area contributed by atoms with Crippen LogP contribution in [0.5, 0.6) is 0 Å². The third-order valence-electron chi connectivity index (χ3n) is 15.6. The lowest BCUT2D eigenvalue weighted by molar-refractivity contribution is 0.448. The smallest absolute Gasteiger partial charge is 0.194 e. The molecular formula is C73H46F3NO. The Bertz CT molecular complexity index is 4300. The van der Waals surface area contributed by atoms with Crippen molar-refractivity contribution in [3.05, 3.63) is 319 Å². The van der Waals surface area contributed by atoms with Crippen LogP contribution in [0.2, 0.25) is 0 Å². The molecule has 0 amide bonds. The molecule has 1 aliphatic carbocycles. The Balaban J connectivity index is 0.917.